The number of carbonyl (C=O) groups excluding carboxylic acids is 1. The molecule has 1 atom stereocenters. The maximum Gasteiger partial charge on any atom is 0.150 e. The zero-order chi connectivity index (χ0) is 14.4. The molecule has 2 fully saturated rings. The van der Waals surface area contributed by atoms with Gasteiger partial charge in [0.1, 0.15) is 11.9 Å². The Bertz CT molecular complexity index is 569. The molecule has 1 saturated heterocycles. The Labute approximate surface area is 126 Å². The molecule has 1 saturated carbocycles. The lowest BCUT2D eigenvalue weighted by molar-refractivity contribution is 0.112. The number of hydrogen-bond acceptors (Lipinski definition) is 4. The number of carbonyl (C=O) groups is 1. The molecular formula is C17H23N3O. The van der Waals surface area contributed by atoms with Crippen LogP contribution in [0.1, 0.15) is 43.0 Å². The number of hydrogen-bond donors (Lipinski definition) is 1. The van der Waals surface area contributed by atoms with E-state index in [0.29, 0.717) is 0 Å². The monoisotopic (exact) mass is 285 g/mol. The van der Waals surface area contributed by atoms with Gasteiger partial charge < -0.3 is 10.2 Å². The van der Waals surface area contributed by atoms with Gasteiger partial charge in [0, 0.05) is 37.7 Å². The molecule has 0 aromatic heterocycles. The molecule has 2 aliphatic heterocycles. The van der Waals surface area contributed by atoms with Crippen molar-refractivity contribution in [1.82, 2.24) is 4.90 Å². The number of rotatable bonds is 2. The van der Waals surface area contributed by atoms with E-state index >= 15 is 0 Å². The molecular weight excluding hydrogens is 262 g/mol. The normalized spacial score (nSPS) is 29.1. The average molecular weight is 285 g/mol. The highest BCUT2D eigenvalue weighted by Crippen LogP contribution is 2.43. The zero-order valence-corrected chi connectivity index (χ0v) is 12.6. The maximum absolute atomic E-state index is 11.0. The van der Waals surface area contributed by atoms with Crippen LogP contribution in [-0.2, 0) is 0 Å². The Morgan fingerprint density at radius 2 is 2.14 bits per heavy atom. The number of nitrogens with zero attached hydrogens (tertiary/aromatic N) is 2. The predicted molar refractivity (Wildman–Crippen MR) is 85.0 cm³/mol. The molecule has 0 amide bonds. The molecule has 1 aromatic carbocycles. The van der Waals surface area contributed by atoms with Crippen LogP contribution in [0.25, 0.3) is 0 Å². The van der Waals surface area contributed by atoms with Crippen LogP contribution in [0.5, 0.6) is 0 Å². The van der Waals surface area contributed by atoms with Crippen LogP contribution < -0.4 is 10.2 Å². The van der Waals surface area contributed by atoms with Gasteiger partial charge >= 0.3 is 0 Å². The predicted octanol–water partition coefficient (Wildman–Crippen LogP) is 2.71. The Morgan fingerprint density at radius 1 is 1.29 bits per heavy atom. The summed E-state index contributed by atoms with van der Waals surface area (Å²) < 4.78 is 0. The summed E-state index contributed by atoms with van der Waals surface area (Å²) in [7, 11) is 0. The molecule has 0 radical (unpaired) electrons. The van der Waals surface area contributed by atoms with Gasteiger partial charge in [-0.3, -0.25) is 9.69 Å². The first-order valence-electron chi connectivity index (χ1n) is 8.09. The van der Waals surface area contributed by atoms with Crippen LogP contribution in [0, 0.1) is 0 Å². The second-order valence-corrected chi connectivity index (χ2v) is 6.82. The molecule has 1 aromatic rings. The molecule has 3 aliphatic rings. The molecule has 2 heterocycles. The number of fused-ring (bicyclic) bond motifs is 3. The van der Waals surface area contributed by atoms with Gasteiger partial charge in [-0.05, 0) is 38.0 Å². The van der Waals surface area contributed by atoms with Crippen LogP contribution in [0.2, 0.25) is 0 Å². The third kappa shape index (κ3) is 2.04. The van der Waals surface area contributed by atoms with E-state index in [4.69, 9.17) is 0 Å². The van der Waals surface area contributed by atoms with Crippen molar-refractivity contribution in [2.24, 2.45) is 0 Å². The first kappa shape index (κ1) is 13.1. The van der Waals surface area contributed by atoms with Crippen molar-refractivity contribution in [2.75, 3.05) is 29.9 Å². The standard InChI is InChI=1S/C17H23N3O/c1-17-7-8-19(14-3-2-4-14)9-10-20(17)16-6-5-13(12-21)11-15(16)18-17/h5-6,11-12,14,18H,2-4,7-10H2,1H3. The van der Waals surface area contributed by atoms with Crippen LogP contribution in [0.3, 0.4) is 0 Å². The highest BCUT2D eigenvalue weighted by Gasteiger charge is 2.42. The molecule has 1 unspecified atom stereocenters. The van der Waals surface area contributed by atoms with E-state index in [-0.39, 0.29) is 5.66 Å². The van der Waals surface area contributed by atoms with Crippen molar-refractivity contribution in [3.8, 4) is 0 Å². The second-order valence-electron chi connectivity index (χ2n) is 6.82. The highest BCUT2D eigenvalue weighted by atomic mass is 16.1. The largest absolute Gasteiger partial charge is 0.361 e. The van der Waals surface area contributed by atoms with E-state index in [2.05, 4.69) is 28.1 Å². The average Bonchev–Trinajstić information content (AvgIpc) is 2.60. The van der Waals surface area contributed by atoms with Crippen LogP contribution in [0.15, 0.2) is 18.2 Å². The Morgan fingerprint density at radius 3 is 2.86 bits per heavy atom. The summed E-state index contributed by atoms with van der Waals surface area (Å²) in [5.41, 5.74) is 3.10. The molecule has 4 nitrogen and oxygen atoms in total. The summed E-state index contributed by atoms with van der Waals surface area (Å²) >= 11 is 0. The van der Waals surface area contributed by atoms with Crippen molar-refractivity contribution >= 4 is 17.7 Å². The van der Waals surface area contributed by atoms with Gasteiger partial charge in [0.2, 0.25) is 0 Å². The van der Waals surface area contributed by atoms with E-state index in [9.17, 15) is 4.79 Å². The van der Waals surface area contributed by atoms with Crippen molar-refractivity contribution in [1.29, 1.82) is 0 Å². The van der Waals surface area contributed by atoms with Gasteiger partial charge in [-0.15, -0.1) is 0 Å². The summed E-state index contributed by atoms with van der Waals surface area (Å²) in [5.74, 6) is 0. The summed E-state index contributed by atoms with van der Waals surface area (Å²) in [6, 6.07) is 6.82. The summed E-state index contributed by atoms with van der Waals surface area (Å²) in [5, 5.41) is 3.66. The third-order valence-electron chi connectivity index (χ3n) is 5.53. The van der Waals surface area contributed by atoms with Gasteiger partial charge in [0.25, 0.3) is 0 Å². The van der Waals surface area contributed by atoms with E-state index in [1.807, 2.05) is 12.1 Å². The fraction of sp³-hybridized carbons (Fsp3) is 0.588. The van der Waals surface area contributed by atoms with Crippen molar-refractivity contribution in [2.45, 2.75) is 44.3 Å². The van der Waals surface area contributed by atoms with E-state index in [1.165, 1.54) is 31.5 Å². The van der Waals surface area contributed by atoms with Crippen LogP contribution >= 0.6 is 0 Å². The van der Waals surface area contributed by atoms with E-state index < -0.39 is 0 Å². The first-order valence-corrected chi connectivity index (χ1v) is 8.09. The van der Waals surface area contributed by atoms with Gasteiger partial charge in [0.05, 0.1) is 11.4 Å². The number of anilines is 2. The lowest BCUT2D eigenvalue weighted by Crippen LogP contribution is -2.48. The summed E-state index contributed by atoms with van der Waals surface area (Å²) in [4.78, 5) is 16.1. The number of benzene rings is 1. The van der Waals surface area contributed by atoms with Gasteiger partial charge in [0.15, 0.2) is 0 Å². The SMILES string of the molecule is CC12CCN(C3CCC3)CCN1c1ccc(C=O)cc1N2. The molecule has 4 heteroatoms. The topological polar surface area (TPSA) is 35.6 Å². The second kappa shape index (κ2) is 4.73. The first-order chi connectivity index (χ1) is 10.2. The van der Waals surface area contributed by atoms with Crippen molar-refractivity contribution < 1.29 is 4.79 Å². The smallest absolute Gasteiger partial charge is 0.150 e. The fourth-order valence-corrected chi connectivity index (χ4v) is 3.97. The minimum absolute atomic E-state index is 0.0116. The number of nitrogens with one attached hydrogen (secondary N) is 1. The molecule has 0 bridgehead atoms. The Kier molecular flexibility index (Phi) is 2.96. The fourth-order valence-electron chi connectivity index (χ4n) is 3.97. The van der Waals surface area contributed by atoms with Gasteiger partial charge in [-0.25, -0.2) is 0 Å². The van der Waals surface area contributed by atoms with Crippen molar-refractivity contribution in [3.63, 3.8) is 0 Å². The molecule has 112 valence electrons. The quantitative estimate of drug-likeness (QED) is 0.848. The van der Waals surface area contributed by atoms with Crippen molar-refractivity contribution in [3.05, 3.63) is 23.8 Å². The molecule has 1 N–H and O–H groups in total. The lowest BCUT2D eigenvalue weighted by Gasteiger charge is -2.37. The Balaban J connectivity index is 1.60. The highest BCUT2D eigenvalue weighted by molar-refractivity contribution is 5.85. The molecule has 21 heavy (non-hydrogen) atoms. The molecule has 0 spiro atoms. The number of aldehydes is 1. The van der Waals surface area contributed by atoms with Crippen LogP contribution in [0.4, 0.5) is 11.4 Å². The minimum atomic E-state index is -0.0116. The maximum atomic E-state index is 11.0. The summed E-state index contributed by atoms with van der Waals surface area (Å²) in [6.45, 7) is 5.67. The third-order valence-corrected chi connectivity index (χ3v) is 5.53. The molecule has 4 rings (SSSR count). The van der Waals surface area contributed by atoms with E-state index in [1.54, 1.807) is 0 Å². The zero-order valence-electron chi connectivity index (χ0n) is 12.6. The van der Waals surface area contributed by atoms with E-state index in [0.717, 1.165) is 43.1 Å². The minimum Gasteiger partial charge on any atom is -0.361 e. The van der Waals surface area contributed by atoms with Gasteiger partial charge in [-0.2, -0.15) is 0 Å². The lowest BCUT2D eigenvalue weighted by atomic mass is 9.91. The van der Waals surface area contributed by atoms with Gasteiger partial charge in [-0.1, -0.05) is 6.42 Å². The summed E-state index contributed by atoms with van der Waals surface area (Å²) in [6.07, 6.45) is 6.20. The Hall–Kier alpha value is -1.55. The van der Waals surface area contributed by atoms with Crippen LogP contribution in [-0.4, -0.2) is 42.5 Å². The molecule has 1 aliphatic carbocycles.